The van der Waals surface area contributed by atoms with Crippen molar-refractivity contribution in [3.63, 3.8) is 0 Å². The predicted molar refractivity (Wildman–Crippen MR) is 135 cm³/mol. The number of nitrogens with one attached hydrogen (secondary N) is 2. The van der Waals surface area contributed by atoms with E-state index < -0.39 is 0 Å². The molecule has 1 saturated heterocycles. The summed E-state index contributed by atoms with van der Waals surface area (Å²) in [5.74, 6) is 1.93. The first kappa shape index (κ1) is 24.1. The molecule has 0 aliphatic carbocycles. The molecule has 4 rings (SSSR count). The highest BCUT2D eigenvalue weighted by Gasteiger charge is 2.17. The van der Waals surface area contributed by atoms with Crippen molar-refractivity contribution in [2.24, 2.45) is 0 Å². The molecule has 0 spiro atoms. The molecule has 3 aromatic rings. The van der Waals surface area contributed by atoms with Crippen LogP contribution in [0.1, 0.15) is 15.9 Å². The summed E-state index contributed by atoms with van der Waals surface area (Å²) in [5, 5.41) is 15.3. The van der Waals surface area contributed by atoms with Crippen LogP contribution in [-0.2, 0) is 4.74 Å². The van der Waals surface area contributed by atoms with Crippen LogP contribution in [-0.4, -0.2) is 72.4 Å². The Bertz CT molecular complexity index is 1150. The normalized spacial score (nSPS) is 13.6. The number of rotatable bonds is 10. The number of aliphatic hydroxyl groups is 1. The van der Waals surface area contributed by atoms with Crippen LogP contribution in [0.2, 0.25) is 0 Å². The zero-order valence-corrected chi connectivity index (χ0v) is 19.5. The summed E-state index contributed by atoms with van der Waals surface area (Å²) in [7, 11) is 1.61. The molecule has 10 nitrogen and oxygen atoms in total. The monoisotopic (exact) mass is 476 g/mol. The fraction of sp³-hybridized carbons (Fsp3) is 0.280. The molecule has 35 heavy (non-hydrogen) atoms. The van der Waals surface area contributed by atoms with Gasteiger partial charge in [0.25, 0.3) is 0 Å². The van der Waals surface area contributed by atoms with Crippen LogP contribution in [0.5, 0.6) is 5.75 Å². The van der Waals surface area contributed by atoms with Gasteiger partial charge in [-0.05, 0) is 48.0 Å². The van der Waals surface area contributed by atoms with Crippen LogP contribution < -0.4 is 20.3 Å². The first-order valence-electron chi connectivity index (χ1n) is 11.3. The number of anilines is 4. The number of ketones is 1. The largest absolute Gasteiger partial charge is 0.497 e. The molecule has 1 fully saturated rings. The average molecular weight is 477 g/mol. The minimum absolute atomic E-state index is 0.0380. The molecule has 0 saturated carbocycles. The van der Waals surface area contributed by atoms with Crippen LogP contribution in [0.3, 0.4) is 0 Å². The van der Waals surface area contributed by atoms with Crippen molar-refractivity contribution in [3.8, 4) is 5.75 Å². The third kappa shape index (κ3) is 6.75. The van der Waals surface area contributed by atoms with Gasteiger partial charge in [0.1, 0.15) is 5.75 Å². The number of hydrogen-bond acceptors (Lipinski definition) is 10. The van der Waals surface area contributed by atoms with Gasteiger partial charge < -0.3 is 30.1 Å². The van der Waals surface area contributed by atoms with E-state index in [4.69, 9.17) is 14.6 Å². The molecule has 0 amide bonds. The maximum absolute atomic E-state index is 12.6. The van der Waals surface area contributed by atoms with Gasteiger partial charge in [0, 0.05) is 30.9 Å². The SMILES string of the molecule is COc1ccc(/C=C/C(=O)c2ccc(Nc3nc(NCCO)nc(N4CCOCC4)n3)cc2)cc1. The first-order chi connectivity index (χ1) is 17.1. The Kier molecular flexibility index (Phi) is 8.21. The van der Waals surface area contributed by atoms with Gasteiger partial charge in [0.15, 0.2) is 5.78 Å². The summed E-state index contributed by atoms with van der Waals surface area (Å²) >= 11 is 0. The molecule has 0 radical (unpaired) electrons. The maximum Gasteiger partial charge on any atom is 0.233 e. The Balaban J connectivity index is 1.44. The number of aliphatic hydroxyl groups excluding tert-OH is 1. The minimum atomic E-state index is -0.0994. The van der Waals surface area contributed by atoms with Gasteiger partial charge in [-0.2, -0.15) is 15.0 Å². The highest BCUT2D eigenvalue weighted by atomic mass is 16.5. The highest BCUT2D eigenvalue weighted by molar-refractivity contribution is 6.07. The molecule has 0 unspecified atom stereocenters. The van der Waals surface area contributed by atoms with Crippen molar-refractivity contribution in [2.75, 3.05) is 62.1 Å². The Morgan fingerprint density at radius 1 is 1.06 bits per heavy atom. The number of allylic oxidation sites excluding steroid dienone is 1. The number of nitrogens with zero attached hydrogens (tertiary/aromatic N) is 4. The number of carbonyl (C=O) groups is 1. The quantitative estimate of drug-likeness (QED) is 0.297. The third-order valence-electron chi connectivity index (χ3n) is 5.28. The fourth-order valence-corrected chi connectivity index (χ4v) is 3.40. The van der Waals surface area contributed by atoms with Crippen molar-refractivity contribution >= 4 is 35.4 Å². The van der Waals surface area contributed by atoms with Crippen molar-refractivity contribution in [1.82, 2.24) is 15.0 Å². The molecule has 2 aromatic carbocycles. The molecule has 3 N–H and O–H groups in total. The first-order valence-corrected chi connectivity index (χ1v) is 11.3. The van der Waals surface area contributed by atoms with Crippen LogP contribution in [0.25, 0.3) is 6.08 Å². The van der Waals surface area contributed by atoms with Gasteiger partial charge >= 0.3 is 0 Å². The van der Waals surface area contributed by atoms with E-state index in [9.17, 15) is 4.79 Å². The number of morpholine rings is 1. The Hall–Kier alpha value is -4.02. The summed E-state index contributed by atoms with van der Waals surface area (Å²) in [6.07, 6.45) is 3.32. The summed E-state index contributed by atoms with van der Waals surface area (Å²) < 4.78 is 10.6. The molecule has 1 aliphatic rings. The zero-order valence-electron chi connectivity index (χ0n) is 19.5. The predicted octanol–water partition coefficient (Wildman–Crippen LogP) is 2.76. The lowest BCUT2D eigenvalue weighted by molar-refractivity contribution is 0.104. The minimum Gasteiger partial charge on any atom is -0.497 e. The van der Waals surface area contributed by atoms with E-state index in [1.165, 1.54) is 0 Å². The second-order valence-electron chi connectivity index (χ2n) is 7.71. The number of carbonyl (C=O) groups excluding carboxylic acids is 1. The molecule has 182 valence electrons. The molecule has 0 bridgehead atoms. The molecular formula is C25H28N6O4. The summed E-state index contributed by atoms with van der Waals surface area (Å²) in [6, 6.07) is 14.6. The molecule has 1 aliphatic heterocycles. The van der Waals surface area contributed by atoms with E-state index in [0.29, 0.717) is 56.3 Å². The van der Waals surface area contributed by atoms with E-state index >= 15 is 0 Å². The van der Waals surface area contributed by atoms with Crippen LogP contribution in [0.15, 0.2) is 54.6 Å². The van der Waals surface area contributed by atoms with Crippen LogP contribution in [0.4, 0.5) is 23.5 Å². The molecular weight excluding hydrogens is 448 g/mol. The van der Waals surface area contributed by atoms with Gasteiger partial charge in [0.2, 0.25) is 17.8 Å². The number of benzene rings is 2. The van der Waals surface area contributed by atoms with E-state index in [2.05, 4.69) is 25.6 Å². The molecule has 0 atom stereocenters. The maximum atomic E-state index is 12.6. The molecule has 10 heteroatoms. The Morgan fingerprint density at radius 2 is 1.77 bits per heavy atom. The molecule has 1 aromatic heterocycles. The van der Waals surface area contributed by atoms with Gasteiger partial charge in [0.05, 0.1) is 26.9 Å². The van der Waals surface area contributed by atoms with Gasteiger partial charge in [-0.1, -0.05) is 18.2 Å². The topological polar surface area (TPSA) is 122 Å². The van der Waals surface area contributed by atoms with Crippen molar-refractivity contribution in [3.05, 3.63) is 65.7 Å². The Labute approximate surface area is 203 Å². The second-order valence-corrected chi connectivity index (χ2v) is 7.71. The van der Waals surface area contributed by atoms with Gasteiger partial charge in [-0.15, -0.1) is 0 Å². The number of methoxy groups -OCH3 is 1. The summed E-state index contributed by atoms with van der Waals surface area (Å²) in [5.41, 5.74) is 2.21. The summed E-state index contributed by atoms with van der Waals surface area (Å²) in [4.78, 5) is 28.0. The van der Waals surface area contributed by atoms with E-state index in [-0.39, 0.29) is 12.4 Å². The molecule has 2 heterocycles. The highest BCUT2D eigenvalue weighted by Crippen LogP contribution is 2.20. The van der Waals surface area contributed by atoms with Crippen LogP contribution in [0, 0.1) is 0 Å². The zero-order chi connectivity index (χ0) is 24.5. The lowest BCUT2D eigenvalue weighted by atomic mass is 10.1. The standard InChI is InChI=1S/C25H28N6O4/c1-34-21-9-2-18(3-10-21)4-11-22(33)19-5-7-20(8-6-19)27-24-28-23(26-12-15-32)29-25(30-24)31-13-16-35-17-14-31/h2-11,32H,12-17H2,1H3,(H2,26,27,28,29,30)/b11-4+. The number of hydrogen-bond donors (Lipinski definition) is 3. The van der Waals surface area contributed by atoms with E-state index in [1.807, 2.05) is 29.2 Å². The summed E-state index contributed by atoms with van der Waals surface area (Å²) in [6.45, 7) is 2.87. The third-order valence-corrected chi connectivity index (χ3v) is 5.28. The van der Waals surface area contributed by atoms with Gasteiger partial charge in [-0.3, -0.25) is 4.79 Å². The second kappa shape index (κ2) is 11.9. The lowest BCUT2D eigenvalue weighted by Crippen LogP contribution is -2.37. The number of ether oxygens (including phenoxy) is 2. The van der Waals surface area contributed by atoms with Crippen LogP contribution >= 0.6 is 0 Å². The van der Waals surface area contributed by atoms with Gasteiger partial charge in [-0.25, -0.2) is 0 Å². The van der Waals surface area contributed by atoms with Crippen molar-refractivity contribution < 1.29 is 19.4 Å². The number of aromatic nitrogens is 3. The average Bonchev–Trinajstić information content (AvgIpc) is 2.91. The lowest BCUT2D eigenvalue weighted by Gasteiger charge is -2.27. The fourth-order valence-electron chi connectivity index (χ4n) is 3.40. The van der Waals surface area contributed by atoms with Crippen molar-refractivity contribution in [2.45, 2.75) is 0 Å². The Morgan fingerprint density at radius 3 is 2.46 bits per heavy atom. The van der Waals surface area contributed by atoms with Crippen molar-refractivity contribution in [1.29, 1.82) is 0 Å². The van der Waals surface area contributed by atoms with E-state index in [0.717, 1.165) is 17.0 Å². The smallest absolute Gasteiger partial charge is 0.233 e. The van der Waals surface area contributed by atoms with E-state index in [1.54, 1.807) is 43.5 Å².